The van der Waals surface area contributed by atoms with Crippen LogP contribution >= 0.6 is 0 Å². The van der Waals surface area contributed by atoms with E-state index >= 15 is 0 Å². The quantitative estimate of drug-likeness (QED) is 0.745. The number of aryl methyl sites for hydroxylation is 2. The zero-order valence-corrected chi connectivity index (χ0v) is 16.1. The van der Waals surface area contributed by atoms with Gasteiger partial charge in [0.2, 0.25) is 10.0 Å². The third-order valence-electron chi connectivity index (χ3n) is 4.89. The molecule has 1 saturated heterocycles. The molecule has 0 bridgehead atoms. The highest BCUT2D eigenvalue weighted by Crippen LogP contribution is 2.24. The largest absolute Gasteiger partial charge is 0.371 e. The average Bonchev–Trinajstić information content (AvgIpc) is 2.69. The van der Waals surface area contributed by atoms with Gasteiger partial charge in [-0.3, -0.25) is 0 Å². The zero-order valence-electron chi connectivity index (χ0n) is 15.3. The maximum Gasteiger partial charge on any atom is 0.214 e. The van der Waals surface area contributed by atoms with Crippen molar-refractivity contribution in [2.24, 2.45) is 0 Å². The van der Waals surface area contributed by atoms with Gasteiger partial charge in [0, 0.05) is 13.1 Å². The molecule has 0 aromatic heterocycles. The lowest BCUT2D eigenvalue weighted by atomic mass is 10.1. The Morgan fingerprint density at radius 1 is 1.04 bits per heavy atom. The summed E-state index contributed by atoms with van der Waals surface area (Å²) in [5, 5.41) is 0. The van der Waals surface area contributed by atoms with E-state index in [1.807, 2.05) is 30.3 Å². The van der Waals surface area contributed by atoms with Crippen molar-refractivity contribution in [3.8, 4) is 0 Å². The summed E-state index contributed by atoms with van der Waals surface area (Å²) < 4.78 is 32.9. The molecule has 1 aliphatic rings. The third-order valence-corrected chi connectivity index (χ3v) is 6.82. The van der Waals surface area contributed by atoms with E-state index in [-0.39, 0.29) is 11.9 Å². The summed E-state index contributed by atoms with van der Waals surface area (Å²) in [6.07, 6.45) is 2.23. The van der Waals surface area contributed by atoms with Crippen LogP contribution in [0.2, 0.25) is 0 Å². The van der Waals surface area contributed by atoms with Crippen LogP contribution in [0.25, 0.3) is 0 Å². The summed E-state index contributed by atoms with van der Waals surface area (Å²) in [4.78, 5) is 0. The van der Waals surface area contributed by atoms with E-state index in [9.17, 15) is 8.42 Å². The van der Waals surface area contributed by atoms with Gasteiger partial charge in [-0.05, 0) is 36.0 Å². The molecule has 1 atom stereocenters. The first kappa shape index (κ1) is 19.1. The van der Waals surface area contributed by atoms with Crippen LogP contribution in [0.3, 0.4) is 0 Å². The zero-order chi connectivity index (χ0) is 18.4. The second kappa shape index (κ2) is 8.80. The Balaban J connectivity index is 1.58. The van der Waals surface area contributed by atoms with Crippen LogP contribution in [0.15, 0.2) is 54.6 Å². The number of morpholine rings is 1. The fourth-order valence-corrected chi connectivity index (χ4v) is 4.76. The van der Waals surface area contributed by atoms with Crippen molar-refractivity contribution < 1.29 is 13.2 Å². The fourth-order valence-electron chi connectivity index (χ4n) is 3.28. The molecule has 0 radical (unpaired) electrons. The van der Waals surface area contributed by atoms with Gasteiger partial charge >= 0.3 is 0 Å². The monoisotopic (exact) mass is 373 g/mol. The van der Waals surface area contributed by atoms with Crippen LogP contribution in [-0.4, -0.2) is 38.2 Å². The van der Waals surface area contributed by atoms with Crippen molar-refractivity contribution in [3.63, 3.8) is 0 Å². The topological polar surface area (TPSA) is 46.6 Å². The second-order valence-corrected chi connectivity index (χ2v) is 8.81. The van der Waals surface area contributed by atoms with Gasteiger partial charge < -0.3 is 4.74 Å². The van der Waals surface area contributed by atoms with Gasteiger partial charge in [-0.2, -0.15) is 4.31 Å². The fraction of sp³-hybridized carbons (Fsp3) is 0.429. The van der Waals surface area contributed by atoms with Gasteiger partial charge in [-0.1, -0.05) is 61.5 Å². The highest BCUT2D eigenvalue weighted by Gasteiger charge is 2.29. The molecule has 26 heavy (non-hydrogen) atoms. The summed E-state index contributed by atoms with van der Waals surface area (Å²) in [6.45, 7) is 3.41. The summed E-state index contributed by atoms with van der Waals surface area (Å²) in [7, 11) is -3.25. The number of ether oxygens (including phenoxy) is 1. The average molecular weight is 374 g/mol. The van der Waals surface area contributed by atoms with E-state index in [2.05, 4.69) is 31.2 Å². The van der Waals surface area contributed by atoms with Crippen molar-refractivity contribution in [1.82, 2.24) is 4.31 Å². The lowest BCUT2D eigenvalue weighted by Gasteiger charge is -2.32. The molecule has 5 heteroatoms. The van der Waals surface area contributed by atoms with Crippen LogP contribution in [0, 0.1) is 0 Å². The van der Waals surface area contributed by atoms with Crippen LogP contribution in [0.5, 0.6) is 0 Å². The molecule has 0 amide bonds. The van der Waals surface area contributed by atoms with E-state index in [0.29, 0.717) is 26.1 Å². The number of hydrogen-bond donors (Lipinski definition) is 0. The Kier molecular flexibility index (Phi) is 6.46. The molecule has 2 aromatic carbocycles. The van der Waals surface area contributed by atoms with Crippen molar-refractivity contribution >= 4 is 10.0 Å². The molecule has 1 aliphatic heterocycles. The maximum atomic E-state index is 12.7. The molecule has 0 aliphatic carbocycles. The molecule has 2 aromatic rings. The van der Waals surface area contributed by atoms with Crippen molar-refractivity contribution in [2.75, 3.05) is 25.4 Å². The highest BCUT2D eigenvalue weighted by molar-refractivity contribution is 7.89. The molecule has 0 spiro atoms. The van der Waals surface area contributed by atoms with Crippen molar-refractivity contribution in [1.29, 1.82) is 0 Å². The Bertz CT molecular complexity index is 788. The molecule has 0 N–H and O–H groups in total. The molecule has 140 valence electrons. The first-order valence-corrected chi connectivity index (χ1v) is 10.9. The van der Waals surface area contributed by atoms with E-state index in [1.165, 1.54) is 11.1 Å². The molecule has 0 saturated carbocycles. The van der Waals surface area contributed by atoms with Crippen LogP contribution in [0.1, 0.15) is 36.1 Å². The van der Waals surface area contributed by atoms with Crippen molar-refractivity contribution in [3.05, 3.63) is 71.3 Å². The minimum absolute atomic E-state index is 0.182. The maximum absolute atomic E-state index is 12.7. The van der Waals surface area contributed by atoms with Crippen LogP contribution in [0.4, 0.5) is 0 Å². The molecule has 4 nitrogen and oxygen atoms in total. The van der Waals surface area contributed by atoms with E-state index in [0.717, 1.165) is 18.4 Å². The Labute approximate surface area is 156 Å². The minimum atomic E-state index is -3.25. The molecule has 3 rings (SSSR count). The first-order chi connectivity index (χ1) is 12.6. The lowest BCUT2D eigenvalue weighted by Crippen LogP contribution is -2.43. The highest BCUT2D eigenvalue weighted by atomic mass is 32.2. The third kappa shape index (κ3) is 4.93. The Hall–Kier alpha value is -1.69. The predicted molar refractivity (Wildman–Crippen MR) is 105 cm³/mol. The van der Waals surface area contributed by atoms with Crippen molar-refractivity contribution in [2.45, 2.75) is 32.3 Å². The second-order valence-electron chi connectivity index (χ2n) is 6.72. The van der Waals surface area contributed by atoms with Gasteiger partial charge in [0.05, 0.1) is 18.5 Å². The molecule has 1 fully saturated rings. The van der Waals surface area contributed by atoms with Gasteiger partial charge in [0.25, 0.3) is 0 Å². The van der Waals surface area contributed by atoms with Gasteiger partial charge in [-0.15, -0.1) is 0 Å². The van der Waals surface area contributed by atoms with Gasteiger partial charge in [0.15, 0.2) is 0 Å². The Morgan fingerprint density at radius 2 is 1.77 bits per heavy atom. The molecule has 1 heterocycles. The normalized spacial score (nSPS) is 18.7. The van der Waals surface area contributed by atoms with Crippen LogP contribution in [-0.2, 0) is 27.6 Å². The number of nitrogens with zero attached hydrogens (tertiary/aromatic N) is 1. The smallest absolute Gasteiger partial charge is 0.214 e. The molecular formula is C21H27NO3S. The van der Waals surface area contributed by atoms with Gasteiger partial charge in [-0.25, -0.2) is 8.42 Å². The van der Waals surface area contributed by atoms with Crippen LogP contribution < -0.4 is 0 Å². The summed E-state index contributed by atoms with van der Waals surface area (Å²) >= 11 is 0. The van der Waals surface area contributed by atoms with E-state index in [1.54, 1.807) is 4.31 Å². The first-order valence-electron chi connectivity index (χ1n) is 9.30. The SMILES string of the molecule is CCc1ccc(C2CN(S(=O)(=O)CCCc3ccccc3)CCO2)cc1. The number of sulfonamides is 1. The molecular weight excluding hydrogens is 346 g/mol. The number of hydrogen-bond acceptors (Lipinski definition) is 3. The standard InChI is InChI=1S/C21H27NO3S/c1-2-18-10-12-20(13-11-18)21-17-22(14-15-25-21)26(23,24)16-6-9-19-7-4-3-5-8-19/h3-5,7-8,10-13,21H,2,6,9,14-17H2,1H3. The number of rotatable bonds is 7. The Morgan fingerprint density at radius 3 is 2.46 bits per heavy atom. The summed E-state index contributed by atoms with van der Waals surface area (Å²) in [5.41, 5.74) is 3.50. The predicted octanol–water partition coefficient (Wildman–Crippen LogP) is 3.58. The minimum Gasteiger partial charge on any atom is -0.371 e. The number of benzene rings is 2. The van der Waals surface area contributed by atoms with E-state index in [4.69, 9.17) is 4.74 Å². The summed E-state index contributed by atoms with van der Waals surface area (Å²) in [6, 6.07) is 18.3. The van der Waals surface area contributed by atoms with Gasteiger partial charge in [0.1, 0.15) is 0 Å². The molecule has 1 unspecified atom stereocenters. The lowest BCUT2D eigenvalue weighted by molar-refractivity contribution is -0.00255. The summed E-state index contributed by atoms with van der Waals surface area (Å²) in [5.74, 6) is 0.184. The van der Waals surface area contributed by atoms with E-state index < -0.39 is 10.0 Å².